The molecule has 0 saturated heterocycles. The Morgan fingerprint density at radius 2 is 1.89 bits per heavy atom. The van der Waals surface area contributed by atoms with Crippen LogP contribution < -0.4 is 15.4 Å². The first-order valence-corrected chi connectivity index (χ1v) is 9.37. The van der Waals surface area contributed by atoms with Crippen LogP contribution in [-0.4, -0.2) is 34.7 Å². The number of ether oxygens (including phenoxy) is 1. The minimum absolute atomic E-state index is 0.161. The topological polar surface area (TPSA) is 85.3 Å². The van der Waals surface area contributed by atoms with Crippen LogP contribution in [0, 0.1) is 0 Å². The van der Waals surface area contributed by atoms with Crippen LogP contribution in [0.1, 0.15) is 30.8 Å². The number of nitrogens with one attached hydrogen (secondary N) is 2. The first-order valence-electron chi connectivity index (χ1n) is 9.37. The van der Waals surface area contributed by atoms with Crippen LogP contribution in [0.3, 0.4) is 0 Å². The number of carbonyl (C=O) groups is 2. The monoisotopic (exact) mass is 380 g/mol. The molecule has 2 aromatic carbocycles. The van der Waals surface area contributed by atoms with Crippen LogP contribution in [0.2, 0.25) is 0 Å². The second-order valence-electron chi connectivity index (χ2n) is 6.35. The minimum atomic E-state index is -0.353. The van der Waals surface area contributed by atoms with Gasteiger partial charge in [-0.05, 0) is 36.2 Å². The fourth-order valence-electron chi connectivity index (χ4n) is 2.76. The summed E-state index contributed by atoms with van der Waals surface area (Å²) in [4.78, 5) is 24.6. The molecule has 28 heavy (non-hydrogen) atoms. The Morgan fingerprint density at radius 3 is 2.64 bits per heavy atom. The van der Waals surface area contributed by atoms with E-state index in [2.05, 4.69) is 15.7 Å². The van der Waals surface area contributed by atoms with E-state index in [4.69, 9.17) is 4.74 Å². The number of hydrogen-bond donors (Lipinski definition) is 2. The number of aryl methyl sites for hydroxylation is 1. The summed E-state index contributed by atoms with van der Waals surface area (Å²) < 4.78 is 7.22. The third kappa shape index (κ3) is 4.68. The van der Waals surface area contributed by atoms with Crippen molar-refractivity contribution in [1.29, 1.82) is 0 Å². The second kappa shape index (κ2) is 9.03. The zero-order valence-electron chi connectivity index (χ0n) is 16.1. The lowest BCUT2D eigenvalue weighted by Gasteiger charge is -2.08. The maximum atomic E-state index is 12.3. The molecule has 1 heterocycles. The Hall–Kier alpha value is -3.35. The largest absolute Gasteiger partial charge is 0.484 e. The second-order valence-corrected chi connectivity index (χ2v) is 6.35. The fourth-order valence-corrected chi connectivity index (χ4v) is 2.76. The molecule has 0 atom stereocenters. The molecule has 2 amide bonds. The number of nitrogens with zero attached hydrogens (tertiary/aromatic N) is 2. The average molecular weight is 380 g/mol. The van der Waals surface area contributed by atoms with E-state index in [-0.39, 0.29) is 24.1 Å². The third-order valence-electron chi connectivity index (χ3n) is 4.20. The molecule has 7 heteroatoms. The van der Waals surface area contributed by atoms with Crippen LogP contribution in [-0.2, 0) is 11.3 Å². The van der Waals surface area contributed by atoms with Gasteiger partial charge < -0.3 is 15.4 Å². The van der Waals surface area contributed by atoms with E-state index in [0.717, 1.165) is 17.2 Å². The zero-order chi connectivity index (χ0) is 19.9. The van der Waals surface area contributed by atoms with E-state index in [1.165, 1.54) is 0 Å². The van der Waals surface area contributed by atoms with Crippen molar-refractivity contribution in [2.45, 2.75) is 26.8 Å². The molecule has 0 fully saturated rings. The van der Waals surface area contributed by atoms with Crippen molar-refractivity contribution in [3.63, 3.8) is 0 Å². The maximum absolute atomic E-state index is 12.3. The standard InChI is InChI=1S/C21H24N4O3/c1-3-11-22-21(27)20-18(13-25(4-2)24-20)23-19(26)14-28-17-10-9-15-7-5-6-8-16(15)12-17/h5-10,12-13H,3-4,11,14H2,1-2H3,(H,22,27)(H,23,26). The van der Waals surface area contributed by atoms with Gasteiger partial charge in [0.25, 0.3) is 11.8 Å². The van der Waals surface area contributed by atoms with Gasteiger partial charge in [-0.1, -0.05) is 37.3 Å². The van der Waals surface area contributed by atoms with Crippen molar-refractivity contribution in [3.8, 4) is 5.75 Å². The zero-order valence-corrected chi connectivity index (χ0v) is 16.1. The van der Waals surface area contributed by atoms with Crippen molar-refractivity contribution >= 4 is 28.3 Å². The molecule has 7 nitrogen and oxygen atoms in total. The average Bonchev–Trinajstić information content (AvgIpc) is 3.13. The summed E-state index contributed by atoms with van der Waals surface area (Å²) in [5, 5.41) is 11.9. The number of benzene rings is 2. The summed E-state index contributed by atoms with van der Waals surface area (Å²) >= 11 is 0. The minimum Gasteiger partial charge on any atom is -0.484 e. The number of fused-ring (bicyclic) bond motifs is 1. The molecule has 0 spiro atoms. The highest BCUT2D eigenvalue weighted by molar-refractivity contribution is 6.02. The van der Waals surface area contributed by atoms with Gasteiger partial charge in [0, 0.05) is 19.3 Å². The maximum Gasteiger partial charge on any atom is 0.273 e. The number of hydrogen-bond acceptors (Lipinski definition) is 4. The molecule has 0 bridgehead atoms. The fraction of sp³-hybridized carbons (Fsp3) is 0.286. The highest BCUT2D eigenvalue weighted by Gasteiger charge is 2.18. The Kier molecular flexibility index (Phi) is 6.26. The molecule has 3 rings (SSSR count). The van der Waals surface area contributed by atoms with Gasteiger partial charge in [-0.2, -0.15) is 5.10 Å². The molecule has 0 aliphatic rings. The van der Waals surface area contributed by atoms with E-state index in [9.17, 15) is 9.59 Å². The number of amides is 2. The molecule has 0 aliphatic carbocycles. The lowest BCUT2D eigenvalue weighted by atomic mass is 10.1. The molecular formula is C21H24N4O3. The lowest BCUT2D eigenvalue weighted by molar-refractivity contribution is -0.118. The normalized spacial score (nSPS) is 10.6. The molecule has 0 unspecified atom stereocenters. The van der Waals surface area contributed by atoms with Gasteiger partial charge in [0.1, 0.15) is 5.75 Å². The van der Waals surface area contributed by atoms with Gasteiger partial charge in [0.05, 0.1) is 5.69 Å². The summed E-state index contributed by atoms with van der Waals surface area (Å²) in [6.45, 7) is 4.87. The van der Waals surface area contributed by atoms with E-state index in [1.54, 1.807) is 10.9 Å². The molecule has 0 aliphatic heterocycles. The Morgan fingerprint density at radius 1 is 1.11 bits per heavy atom. The van der Waals surface area contributed by atoms with Crippen molar-refractivity contribution in [2.24, 2.45) is 0 Å². The Labute approximate surface area is 163 Å². The predicted octanol–water partition coefficient (Wildman–Crippen LogP) is 3.21. The van der Waals surface area contributed by atoms with Crippen LogP contribution in [0.15, 0.2) is 48.7 Å². The predicted molar refractivity (Wildman–Crippen MR) is 109 cm³/mol. The first kappa shape index (κ1) is 19.4. The SMILES string of the molecule is CCCNC(=O)c1nn(CC)cc1NC(=O)COc1ccc2ccccc2c1. The van der Waals surface area contributed by atoms with Crippen LogP contribution >= 0.6 is 0 Å². The van der Waals surface area contributed by atoms with Gasteiger partial charge in [-0.15, -0.1) is 0 Å². The molecular weight excluding hydrogens is 356 g/mol. The van der Waals surface area contributed by atoms with Gasteiger partial charge in [-0.3, -0.25) is 14.3 Å². The Balaban J connectivity index is 1.65. The van der Waals surface area contributed by atoms with Crippen LogP contribution in [0.25, 0.3) is 10.8 Å². The summed E-state index contributed by atoms with van der Waals surface area (Å²) in [5.74, 6) is -0.0489. The van der Waals surface area contributed by atoms with E-state index >= 15 is 0 Å². The number of anilines is 1. The Bertz CT molecular complexity index is 981. The summed E-state index contributed by atoms with van der Waals surface area (Å²) in [5.41, 5.74) is 0.580. The quantitative estimate of drug-likeness (QED) is 0.628. The van der Waals surface area contributed by atoms with Gasteiger partial charge in [-0.25, -0.2) is 0 Å². The summed E-state index contributed by atoms with van der Waals surface area (Å²) in [6, 6.07) is 13.6. The highest BCUT2D eigenvalue weighted by Crippen LogP contribution is 2.20. The van der Waals surface area contributed by atoms with Crippen molar-refractivity contribution in [2.75, 3.05) is 18.5 Å². The van der Waals surface area contributed by atoms with Gasteiger partial charge >= 0.3 is 0 Å². The van der Waals surface area contributed by atoms with Gasteiger partial charge in [0.2, 0.25) is 0 Å². The summed E-state index contributed by atoms with van der Waals surface area (Å²) in [6.07, 6.45) is 2.47. The van der Waals surface area contributed by atoms with E-state index < -0.39 is 0 Å². The third-order valence-corrected chi connectivity index (χ3v) is 4.20. The number of carbonyl (C=O) groups excluding carboxylic acids is 2. The van der Waals surface area contributed by atoms with Crippen molar-refractivity contribution in [1.82, 2.24) is 15.1 Å². The number of rotatable bonds is 8. The molecule has 0 saturated carbocycles. The van der Waals surface area contributed by atoms with Gasteiger partial charge in [0.15, 0.2) is 12.3 Å². The molecule has 1 aromatic heterocycles. The smallest absolute Gasteiger partial charge is 0.273 e. The van der Waals surface area contributed by atoms with Crippen LogP contribution in [0.5, 0.6) is 5.75 Å². The molecule has 146 valence electrons. The molecule has 3 aromatic rings. The highest BCUT2D eigenvalue weighted by atomic mass is 16.5. The number of aromatic nitrogens is 2. The van der Waals surface area contributed by atoms with Crippen LogP contribution in [0.4, 0.5) is 5.69 Å². The summed E-state index contributed by atoms with van der Waals surface area (Å²) in [7, 11) is 0. The molecule has 0 radical (unpaired) electrons. The van der Waals surface area contributed by atoms with E-state index in [1.807, 2.05) is 56.3 Å². The molecule has 2 N–H and O–H groups in total. The van der Waals surface area contributed by atoms with Crippen molar-refractivity contribution in [3.05, 3.63) is 54.4 Å². The van der Waals surface area contributed by atoms with E-state index in [0.29, 0.717) is 24.5 Å². The lowest BCUT2D eigenvalue weighted by Crippen LogP contribution is -2.27. The van der Waals surface area contributed by atoms with Crippen molar-refractivity contribution < 1.29 is 14.3 Å². The first-order chi connectivity index (χ1) is 13.6.